The Kier molecular flexibility index (Phi) is 3.65. The van der Waals surface area contributed by atoms with Crippen LogP contribution in [0.3, 0.4) is 0 Å². The number of anilines is 1. The SMILES string of the molecule is CC(=O)[C@@H]1CCCN1C(=O)Cc1ccc(N)cc1. The summed E-state index contributed by atoms with van der Waals surface area (Å²) in [6.45, 7) is 2.25. The van der Waals surface area contributed by atoms with E-state index in [-0.39, 0.29) is 17.7 Å². The maximum atomic E-state index is 12.2. The third-order valence-electron chi connectivity index (χ3n) is 3.38. The van der Waals surface area contributed by atoms with Gasteiger partial charge in [0.25, 0.3) is 0 Å². The molecular weight excluding hydrogens is 228 g/mol. The Hall–Kier alpha value is -1.84. The number of nitrogens with zero attached hydrogens (tertiary/aromatic N) is 1. The lowest BCUT2D eigenvalue weighted by Crippen LogP contribution is -2.40. The molecule has 1 aliphatic rings. The Bertz CT molecular complexity index is 453. The van der Waals surface area contributed by atoms with Crippen LogP contribution in [-0.4, -0.2) is 29.2 Å². The Morgan fingerprint density at radius 2 is 2.00 bits per heavy atom. The predicted octanol–water partition coefficient (Wildman–Crippen LogP) is 1.39. The number of Topliss-reactive ketones (excluding diaryl/α,β-unsaturated/α-hetero) is 1. The van der Waals surface area contributed by atoms with E-state index in [0.717, 1.165) is 18.4 Å². The molecule has 1 atom stereocenters. The topological polar surface area (TPSA) is 63.4 Å². The second kappa shape index (κ2) is 5.21. The van der Waals surface area contributed by atoms with E-state index in [1.807, 2.05) is 12.1 Å². The van der Waals surface area contributed by atoms with E-state index >= 15 is 0 Å². The van der Waals surface area contributed by atoms with E-state index in [1.54, 1.807) is 24.0 Å². The number of nitrogen functional groups attached to an aromatic ring is 1. The highest BCUT2D eigenvalue weighted by Crippen LogP contribution is 2.19. The van der Waals surface area contributed by atoms with Gasteiger partial charge in [0.1, 0.15) is 0 Å². The normalized spacial score (nSPS) is 18.9. The first-order chi connectivity index (χ1) is 8.58. The molecule has 0 bridgehead atoms. The molecule has 1 fully saturated rings. The molecule has 2 rings (SSSR count). The molecule has 1 aromatic rings. The zero-order chi connectivity index (χ0) is 13.1. The van der Waals surface area contributed by atoms with Crippen molar-refractivity contribution in [3.8, 4) is 0 Å². The predicted molar refractivity (Wildman–Crippen MR) is 70.0 cm³/mol. The van der Waals surface area contributed by atoms with Crippen molar-refractivity contribution in [1.29, 1.82) is 0 Å². The number of hydrogen-bond acceptors (Lipinski definition) is 3. The molecule has 96 valence electrons. The Morgan fingerprint density at radius 1 is 1.33 bits per heavy atom. The Labute approximate surface area is 107 Å². The van der Waals surface area contributed by atoms with Gasteiger partial charge in [-0.2, -0.15) is 0 Å². The van der Waals surface area contributed by atoms with Crippen LogP contribution in [0.4, 0.5) is 5.69 Å². The summed E-state index contributed by atoms with van der Waals surface area (Å²) in [7, 11) is 0. The van der Waals surface area contributed by atoms with E-state index in [2.05, 4.69) is 0 Å². The van der Waals surface area contributed by atoms with Crippen LogP contribution in [0.5, 0.6) is 0 Å². The quantitative estimate of drug-likeness (QED) is 0.820. The number of amides is 1. The smallest absolute Gasteiger partial charge is 0.227 e. The van der Waals surface area contributed by atoms with Crippen molar-refractivity contribution in [2.45, 2.75) is 32.2 Å². The molecule has 18 heavy (non-hydrogen) atoms. The molecule has 1 aromatic carbocycles. The van der Waals surface area contributed by atoms with Gasteiger partial charge in [-0.3, -0.25) is 9.59 Å². The van der Waals surface area contributed by atoms with Crippen LogP contribution < -0.4 is 5.73 Å². The molecule has 0 saturated carbocycles. The minimum absolute atomic E-state index is 0.0254. The van der Waals surface area contributed by atoms with Gasteiger partial charge in [0.05, 0.1) is 12.5 Å². The van der Waals surface area contributed by atoms with Gasteiger partial charge in [0.15, 0.2) is 5.78 Å². The van der Waals surface area contributed by atoms with Crippen molar-refractivity contribution in [3.63, 3.8) is 0 Å². The zero-order valence-electron chi connectivity index (χ0n) is 10.6. The van der Waals surface area contributed by atoms with Gasteiger partial charge in [0.2, 0.25) is 5.91 Å². The molecule has 0 aliphatic carbocycles. The highest BCUT2D eigenvalue weighted by molar-refractivity contribution is 5.88. The first-order valence-corrected chi connectivity index (χ1v) is 6.22. The van der Waals surface area contributed by atoms with Gasteiger partial charge >= 0.3 is 0 Å². The number of rotatable bonds is 3. The Balaban J connectivity index is 2.03. The molecule has 0 aromatic heterocycles. The van der Waals surface area contributed by atoms with Crippen LogP contribution in [0.25, 0.3) is 0 Å². The lowest BCUT2D eigenvalue weighted by atomic mass is 10.1. The minimum Gasteiger partial charge on any atom is -0.399 e. The summed E-state index contributed by atoms with van der Waals surface area (Å²) < 4.78 is 0. The van der Waals surface area contributed by atoms with Crippen molar-refractivity contribution in [3.05, 3.63) is 29.8 Å². The van der Waals surface area contributed by atoms with Crippen LogP contribution >= 0.6 is 0 Å². The average molecular weight is 246 g/mol. The lowest BCUT2D eigenvalue weighted by molar-refractivity contribution is -0.136. The molecule has 1 saturated heterocycles. The van der Waals surface area contributed by atoms with Gasteiger partial charge in [-0.1, -0.05) is 12.1 Å². The van der Waals surface area contributed by atoms with Gasteiger partial charge in [-0.05, 0) is 37.5 Å². The molecule has 1 heterocycles. The average Bonchev–Trinajstić information content (AvgIpc) is 2.81. The van der Waals surface area contributed by atoms with Crippen LogP contribution in [0.15, 0.2) is 24.3 Å². The highest BCUT2D eigenvalue weighted by Gasteiger charge is 2.31. The number of benzene rings is 1. The highest BCUT2D eigenvalue weighted by atomic mass is 16.2. The lowest BCUT2D eigenvalue weighted by Gasteiger charge is -2.22. The first kappa shape index (κ1) is 12.6. The fraction of sp³-hybridized carbons (Fsp3) is 0.429. The monoisotopic (exact) mass is 246 g/mol. The van der Waals surface area contributed by atoms with Crippen LogP contribution in [0.2, 0.25) is 0 Å². The third-order valence-corrected chi connectivity index (χ3v) is 3.38. The van der Waals surface area contributed by atoms with E-state index in [9.17, 15) is 9.59 Å². The van der Waals surface area contributed by atoms with E-state index in [1.165, 1.54) is 0 Å². The summed E-state index contributed by atoms with van der Waals surface area (Å²) in [4.78, 5) is 25.3. The molecule has 1 aliphatic heterocycles. The molecule has 0 radical (unpaired) electrons. The van der Waals surface area contributed by atoms with Crippen LogP contribution in [-0.2, 0) is 16.0 Å². The number of carbonyl (C=O) groups excluding carboxylic acids is 2. The second-order valence-corrected chi connectivity index (χ2v) is 4.77. The van der Waals surface area contributed by atoms with Gasteiger partial charge < -0.3 is 10.6 Å². The molecule has 0 spiro atoms. The number of hydrogen-bond donors (Lipinski definition) is 1. The van der Waals surface area contributed by atoms with E-state index in [0.29, 0.717) is 18.7 Å². The maximum absolute atomic E-state index is 12.2. The van der Waals surface area contributed by atoms with Crippen LogP contribution in [0.1, 0.15) is 25.3 Å². The summed E-state index contributed by atoms with van der Waals surface area (Å²) in [5, 5.41) is 0. The molecular formula is C14H18N2O2. The number of ketones is 1. The Morgan fingerprint density at radius 3 is 2.61 bits per heavy atom. The second-order valence-electron chi connectivity index (χ2n) is 4.77. The largest absolute Gasteiger partial charge is 0.399 e. The zero-order valence-corrected chi connectivity index (χ0v) is 10.6. The fourth-order valence-electron chi connectivity index (χ4n) is 2.40. The number of likely N-dealkylation sites (tertiary alicyclic amines) is 1. The van der Waals surface area contributed by atoms with Crippen molar-refractivity contribution >= 4 is 17.4 Å². The van der Waals surface area contributed by atoms with Crippen molar-refractivity contribution < 1.29 is 9.59 Å². The van der Waals surface area contributed by atoms with Gasteiger partial charge in [0, 0.05) is 12.2 Å². The minimum atomic E-state index is -0.216. The standard InChI is InChI=1S/C14H18N2O2/c1-10(17)13-3-2-8-16(13)14(18)9-11-4-6-12(15)7-5-11/h4-7,13H,2-3,8-9,15H2,1H3/t13-/m0/s1. The molecule has 0 unspecified atom stereocenters. The number of nitrogens with two attached hydrogens (primary N) is 1. The third kappa shape index (κ3) is 2.70. The summed E-state index contributed by atoms with van der Waals surface area (Å²) in [6, 6.07) is 7.06. The van der Waals surface area contributed by atoms with Crippen molar-refractivity contribution in [1.82, 2.24) is 4.90 Å². The van der Waals surface area contributed by atoms with E-state index in [4.69, 9.17) is 5.73 Å². The van der Waals surface area contributed by atoms with Crippen LogP contribution in [0, 0.1) is 0 Å². The van der Waals surface area contributed by atoms with Crippen molar-refractivity contribution in [2.75, 3.05) is 12.3 Å². The van der Waals surface area contributed by atoms with Crippen molar-refractivity contribution in [2.24, 2.45) is 0 Å². The van der Waals surface area contributed by atoms with E-state index < -0.39 is 0 Å². The fourth-order valence-corrected chi connectivity index (χ4v) is 2.40. The first-order valence-electron chi connectivity index (χ1n) is 6.22. The molecule has 4 nitrogen and oxygen atoms in total. The summed E-state index contributed by atoms with van der Waals surface area (Å²) in [5.74, 6) is 0.107. The molecule has 4 heteroatoms. The maximum Gasteiger partial charge on any atom is 0.227 e. The summed E-state index contributed by atoms with van der Waals surface area (Å²) in [5.41, 5.74) is 7.22. The molecule has 1 amide bonds. The summed E-state index contributed by atoms with van der Waals surface area (Å²) in [6.07, 6.45) is 2.05. The number of carbonyl (C=O) groups is 2. The molecule has 2 N–H and O–H groups in total. The van der Waals surface area contributed by atoms with Gasteiger partial charge in [-0.25, -0.2) is 0 Å². The van der Waals surface area contributed by atoms with Gasteiger partial charge in [-0.15, -0.1) is 0 Å². The summed E-state index contributed by atoms with van der Waals surface area (Å²) >= 11 is 0.